The molecule has 0 saturated carbocycles. The van der Waals surface area contributed by atoms with Gasteiger partial charge in [-0.3, -0.25) is 4.90 Å². The van der Waals surface area contributed by atoms with Gasteiger partial charge in [-0.2, -0.15) is 0 Å². The Labute approximate surface area is 87.6 Å². The van der Waals surface area contributed by atoms with Crippen LogP contribution in [0.2, 0.25) is 0 Å². The number of nitrogens with two attached hydrogens (primary N) is 1. The summed E-state index contributed by atoms with van der Waals surface area (Å²) in [6, 6.07) is 0.463. The highest BCUT2D eigenvalue weighted by molar-refractivity contribution is 4.75. The van der Waals surface area contributed by atoms with E-state index in [0.717, 1.165) is 26.3 Å². The van der Waals surface area contributed by atoms with Crippen molar-refractivity contribution in [1.29, 1.82) is 0 Å². The molecule has 3 nitrogen and oxygen atoms in total. The predicted molar refractivity (Wildman–Crippen MR) is 59.4 cm³/mol. The van der Waals surface area contributed by atoms with E-state index < -0.39 is 0 Å². The maximum absolute atomic E-state index is 5.70. The van der Waals surface area contributed by atoms with Crippen LogP contribution in [0.4, 0.5) is 0 Å². The van der Waals surface area contributed by atoms with Gasteiger partial charge in [-0.1, -0.05) is 26.2 Å². The molecule has 1 rings (SSSR count). The molecular formula is C11H24N2O. The molecular weight excluding hydrogens is 176 g/mol. The van der Waals surface area contributed by atoms with E-state index in [2.05, 4.69) is 11.8 Å². The summed E-state index contributed by atoms with van der Waals surface area (Å²) in [5.41, 5.74) is 5.70. The first-order chi connectivity index (χ1) is 6.88. The van der Waals surface area contributed by atoms with Crippen LogP contribution in [0, 0.1) is 0 Å². The Morgan fingerprint density at radius 1 is 1.36 bits per heavy atom. The van der Waals surface area contributed by atoms with Gasteiger partial charge < -0.3 is 10.5 Å². The largest absolute Gasteiger partial charge is 0.378 e. The van der Waals surface area contributed by atoms with Crippen LogP contribution < -0.4 is 5.73 Å². The molecule has 1 aliphatic heterocycles. The molecule has 1 heterocycles. The van der Waals surface area contributed by atoms with Crippen molar-refractivity contribution in [2.45, 2.75) is 38.6 Å². The standard InChI is InChI=1S/C11H24N2O/c1-2-3-4-5-6-13-7-8-14-10-11(13)9-12/h11H,2-10,12H2,1H3. The number of unbranched alkanes of at least 4 members (excludes halogenated alkanes) is 3. The van der Waals surface area contributed by atoms with E-state index in [0.29, 0.717) is 6.04 Å². The van der Waals surface area contributed by atoms with Crippen molar-refractivity contribution in [1.82, 2.24) is 4.90 Å². The highest BCUT2D eigenvalue weighted by atomic mass is 16.5. The van der Waals surface area contributed by atoms with Gasteiger partial charge in [0, 0.05) is 19.1 Å². The van der Waals surface area contributed by atoms with Crippen LogP contribution in [0.5, 0.6) is 0 Å². The van der Waals surface area contributed by atoms with Gasteiger partial charge in [0.1, 0.15) is 0 Å². The van der Waals surface area contributed by atoms with Gasteiger partial charge in [0.05, 0.1) is 13.2 Å². The first-order valence-corrected chi connectivity index (χ1v) is 5.90. The highest BCUT2D eigenvalue weighted by Crippen LogP contribution is 2.08. The lowest BCUT2D eigenvalue weighted by Crippen LogP contribution is -2.49. The summed E-state index contributed by atoms with van der Waals surface area (Å²) >= 11 is 0. The number of ether oxygens (including phenoxy) is 1. The Morgan fingerprint density at radius 3 is 2.93 bits per heavy atom. The predicted octanol–water partition coefficient (Wildman–Crippen LogP) is 1.23. The minimum atomic E-state index is 0.463. The van der Waals surface area contributed by atoms with Crippen LogP contribution in [0.3, 0.4) is 0 Å². The maximum atomic E-state index is 5.70. The monoisotopic (exact) mass is 200 g/mol. The van der Waals surface area contributed by atoms with Crippen molar-refractivity contribution in [2.75, 3.05) is 32.8 Å². The molecule has 1 atom stereocenters. The fourth-order valence-electron chi connectivity index (χ4n) is 1.94. The molecule has 1 saturated heterocycles. The van der Waals surface area contributed by atoms with Gasteiger partial charge >= 0.3 is 0 Å². The van der Waals surface area contributed by atoms with E-state index in [9.17, 15) is 0 Å². The average molecular weight is 200 g/mol. The van der Waals surface area contributed by atoms with Gasteiger partial charge in [-0.25, -0.2) is 0 Å². The topological polar surface area (TPSA) is 38.5 Å². The van der Waals surface area contributed by atoms with Gasteiger partial charge in [0.2, 0.25) is 0 Å². The first-order valence-electron chi connectivity index (χ1n) is 5.90. The van der Waals surface area contributed by atoms with E-state index in [1.807, 2.05) is 0 Å². The molecule has 0 spiro atoms. The van der Waals surface area contributed by atoms with Gasteiger partial charge in [-0.15, -0.1) is 0 Å². The molecule has 0 amide bonds. The van der Waals surface area contributed by atoms with Gasteiger partial charge in [-0.05, 0) is 13.0 Å². The van der Waals surface area contributed by atoms with Crippen LogP contribution in [0.25, 0.3) is 0 Å². The summed E-state index contributed by atoms with van der Waals surface area (Å²) in [6.45, 7) is 6.94. The molecule has 14 heavy (non-hydrogen) atoms. The molecule has 1 fully saturated rings. The molecule has 3 heteroatoms. The van der Waals surface area contributed by atoms with Crippen molar-refractivity contribution in [3.8, 4) is 0 Å². The Bertz CT molecular complexity index is 141. The van der Waals surface area contributed by atoms with Crippen molar-refractivity contribution >= 4 is 0 Å². The van der Waals surface area contributed by atoms with Crippen LogP contribution in [0.15, 0.2) is 0 Å². The van der Waals surface area contributed by atoms with Crippen LogP contribution >= 0.6 is 0 Å². The number of hydrogen-bond donors (Lipinski definition) is 1. The van der Waals surface area contributed by atoms with Gasteiger partial charge in [0.15, 0.2) is 0 Å². The van der Waals surface area contributed by atoms with Crippen LogP contribution in [-0.4, -0.2) is 43.8 Å². The summed E-state index contributed by atoms with van der Waals surface area (Å²) in [6.07, 6.45) is 5.33. The second-order valence-electron chi connectivity index (χ2n) is 4.06. The van der Waals surface area contributed by atoms with E-state index >= 15 is 0 Å². The van der Waals surface area contributed by atoms with Crippen LogP contribution in [0.1, 0.15) is 32.6 Å². The molecule has 2 N–H and O–H groups in total. The maximum Gasteiger partial charge on any atom is 0.0634 e. The van der Waals surface area contributed by atoms with Crippen molar-refractivity contribution in [2.24, 2.45) is 5.73 Å². The third-order valence-corrected chi connectivity index (χ3v) is 2.92. The lowest BCUT2D eigenvalue weighted by molar-refractivity contribution is -0.00445. The van der Waals surface area contributed by atoms with E-state index in [1.54, 1.807) is 0 Å². The number of morpholine rings is 1. The number of hydrogen-bond acceptors (Lipinski definition) is 3. The SMILES string of the molecule is CCCCCCN1CCOCC1CN. The fourth-order valence-corrected chi connectivity index (χ4v) is 1.94. The Hall–Kier alpha value is -0.120. The normalized spacial score (nSPS) is 24.0. The molecule has 0 radical (unpaired) electrons. The first kappa shape index (κ1) is 12.0. The third-order valence-electron chi connectivity index (χ3n) is 2.92. The van der Waals surface area contributed by atoms with Crippen molar-refractivity contribution < 1.29 is 4.74 Å². The Kier molecular flexibility index (Phi) is 6.15. The van der Waals surface area contributed by atoms with Gasteiger partial charge in [0.25, 0.3) is 0 Å². The molecule has 0 aromatic carbocycles. The zero-order valence-electron chi connectivity index (χ0n) is 9.37. The second kappa shape index (κ2) is 7.21. The molecule has 1 aliphatic rings. The number of nitrogens with zero attached hydrogens (tertiary/aromatic N) is 1. The zero-order valence-corrected chi connectivity index (χ0v) is 9.37. The lowest BCUT2D eigenvalue weighted by atomic mass is 10.1. The molecule has 0 aromatic rings. The van der Waals surface area contributed by atoms with E-state index in [1.165, 1.54) is 32.2 Å². The minimum absolute atomic E-state index is 0.463. The zero-order chi connectivity index (χ0) is 10.2. The van der Waals surface area contributed by atoms with Crippen LogP contribution in [-0.2, 0) is 4.74 Å². The quantitative estimate of drug-likeness (QED) is 0.655. The lowest BCUT2D eigenvalue weighted by Gasteiger charge is -2.34. The second-order valence-corrected chi connectivity index (χ2v) is 4.06. The molecule has 0 bridgehead atoms. The fraction of sp³-hybridized carbons (Fsp3) is 1.00. The molecule has 0 aromatic heterocycles. The summed E-state index contributed by atoms with van der Waals surface area (Å²) in [5.74, 6) is 0. The highest BCUT2D eigenvalue weighted by Gasteiger charge is 2.20. The van der Waals surface area contributed by atoms with Crippen molar-refractivity contribution in [3.63, 3.8) is 0 Å². The summed E-state index contributed by atoms with van der Waals surface area (Å²) < 4.78 is 5.41. The Morgan fingerprint density at radius 2 is 2.21 bits per heavy atom. The van der Waals surface area contributed by atoms with E-state index in [-0.39, 0.29) is 0 Å². The summed E-state index contributed by atoms with van der Waals surface area (Å²) in [7, 11) is 0. The summed E-state index contributed by atoms with van der Waals surface area (Å²) in [4.78, 5) is 2.49. The molecule has 1 unspecified atom stereocenters. The third kappa shape index (κ3) is 3.95. The average Bonchev–Trinajstić information content (AvgIpc) is 2.25. The summed E-state index contributed by atoms with van der Waals surface area (Å²) in [5, 5.41) is 0. The van der Waals surface area contributed by atoms with E-state index in [4.69, 9.17) is 10.5 Å². The minimum Gasteiger partial charge on any atom is -0.378 e. The smallest absolute Gasteiger partial charge is 0.0634 e. The Balaban J connectivity index is 2.13. The molecule has 84 valence electrons. The van der Waals surface area contributed by atoms with Crippen molar-refractivity contribution in [3.05, 3.63) is 0 Å². The molecule has 0 aliphatic carbocycles. The number of rotatable bonds is 6.